The summed E-state index contributed by atoms with van der Waals surface area (Å²) in [5, 5.41) is 26.5. The fourth-order valence-corrected chi connectivity index (χ4v) is 1.42. The van der Waals surface area contributed by atoms with E-state index in [0.717, 1.165) is 0 Å². The number of benzene rings is 1. The molecule has 2 N–H and O–H groups in total. The molecule has 0 aliphatic heterocycles. The largest absolute Gasteiger partial charge is 0.490 e. The van der Waals surface area contributed by atoms with Crippen LogP contribution in [0.25, 0.3) is 0 Å². The zero-order valence-electron chi connectivity index (χ0n) is 6.33. The highest BCUT2D eigenvalue weighted by molar-refractivity contribution is 6.63. The van der Waals surface area contributed by atoms with Crippen molar-refractivity contribution in [1.82, 2.24) is 0 Å². The van der Waals surface area contributed by atoms with Gasteiger partial charge in [-0.2, -0.15) is 5.26 Å². The smallest absolute Gasteiger partial charge is 0.423 e. The average molecular weight is 216 g/mol. The van der Waals surface area contributed by atoms with Crippen molar-refractivity contribution < 1.29 is 10.0 Å². The summed E-state index contributed by atoms with van der Waals surface area (Å²) in [5.41, 5.74) is 0.122. The molecule has 1 rings (SSSR count). The van der Waals surface area contributed by atoms with Crippen LogP contribution in [0.3, 0.4) is 0 Å². The van der Waals surface area contributed by atoms with Crippen molar-refractivity contribution in [2.24, 2.45) is 0 Å². The zero-order valence-corrected chi connectivity index (χ0v) is 7.84. The Kier molecular flexibility index (Phi) is 3.18. The summed E-state index contributed by atoms with van der Waals surface area (Å²) < 4.78 is 0. The van der Waals surface area contributed by atoms with Crippen LogP contribution in [0.2, 0.25) is 10.0 Å². The lowest BCUT2D eigenvalue weighted by Gasteiger charge is -2.04. The highest BCUT2D eigenvalue weighted by atomic mass is 35.5. The first-order valence-corrected chi connectivity index (χ1v) is 4.07. The molecule has 0 spiro atoms. The highest BCUT2D eigenvalue weighted by Gasteiger charge is 2.19. The summed E-state index contributed by atoms with van der Waals surface area (Å²) in [7, 11) is -1.70. The highest BCUT2D eigenvalue weighted by Crippen LogP contribution is 2.21. The topological polar surface area (TPSA) is 64.2 Å². The Morgan fingerprint density at radius 3 is 2.38 bits per heavy atom. The molecule has 0 amide bonds. The van der Waals surface area contributed by atoms with E-state index >= 15 is 0 Å². The van der Waals surface area contributed by atoms with Crippen molar-refractivity contribution in [3.05, 3.63) is 27.7 Å². The summed E-state index contributed by atoms with van der Waals surface area (Å²) in [5.74, 6) is 0. The van der Waals surface area contributed by atoms with E-state index < -0.39 is 7.12 Å². The van der Waals surface area contributed by atoms with E-state index in [0.29, 0.717) is 0 Å². The SMILES string of the molecule is N#Cc1c(Cl)ccc(B(O)O)c1Cl. The van der Waals surface area contributed by atoms with E-state index in [1.165, 1.54) is 12.1 Å². The van der Waals surface area contributed by atoms with Crippen LogP contribution in [0.15, 0.2) is 12.1 Å². The Morgan fingerprint density at radius 2 is 1.92 bits per heavy atom. The van der Waals surface area contributed by atoms with Gasteiger partial charge in [-0.25, -0.2) is 0 Å². The molecular formula is C7H4BCl2NO2. The normalized spacial score (nSPS) is 9.46. The Balaban J connectivity index is 3.38. The summed E-state index contributed by atoms with van der Waals surface area (Å²) in [6.07, 6.45) is 0. The van der Waals surface area contributed by atoms with Gasteiger partial charge in [0, 0.05) is 5.46 Å². The van der Waals surface area contributed by atoms with E-state index in [1.54, 1.807) is 6.07 Å². The lowest BCUT2D eigenvalue weighted by Crippen LogP contribution is -2.31. The van der Waals surface area contributed by atoms with Crippen molar-refractivity contribution in [3.63, 3.8) is 0 Å². The molecular weight excluding hydrogens is 212 g/mol. The Morgan fingerprint density at radius 1 is 1.31 bits per heavy atom. The lowest BCUT2D eigenvalue weighted by atomic mass is 9.79. The van der Waals surface area contributed by atoms with Crippen LogP contribution in [0.4, 0.5) is 0 Å². The summed E-state index contributed by atoms with van der Waals surface area (Å²) in [4.78, 5) is 0. The molecule has 0 aromatic heterocycles. The minimum Gasteiger partial charge on any atom is -0.423 e. The maximum absolute atomic E-state index is 8.83. The molecule has 1 aromatic carbocycles. The van der Waals surface area contributed by atoms with Gasteiger partial charge in [0.2, 0.25) is 0 Å². The Hall–Kier alpha value is -0.725. The predicted molar refractivity (Wildman–Crippen MR) is 51.0 cm³/mol. The van der Waals surface area contributed by atoms with Gasteiger partial charge in [-0.3, -0.25) is 0 Å². The summed E-state index contributed by atoms with van der Waals surface area (Å²) >= 11 is 11.3. The molecule has 1 aromatic rings. The first-order valence-electron chi connectivity index (χ1n) is 3.32. The molecule has 0 heterocycles. The van der Waals surface area contributed by atoms with E-state index in [-0.39, 0.29) is 21.1 Å². The summed E-state index contributed by atoms with van der Waals surface area (Å²) in [6, 6.07) is 4.52. The quantitative estimate of drug-likeness (QED) is 0.673. The Bertz CT molecular complexity index is 375. The minimum atomic E-state index is -1.70. The zero-order chi connectivity index (χ0) is 10.0. The molecule has 0 radical (unpaired) electrons. The fourth-order valence-electron chi connectivity index (χ4n) is 0.871. The third-order valence-electron chi connectivity index (χ3n) is 1.51. The molecule has 0 saturated heterocycles. The number of rotatable bonds is 1. The van der Waals surface area contributed by atoms with Crippen LogP contribution < -0.4 is 5.46 Å². The molecule has 0 unspecified atom stereocenters. The molecule has 66 valence electrons. The van der Waals surface area contributed by atoms with Gasteiger partial charge in [0.25, 0.3) is 0 Å². The third kappa shape index (κ3) is 1.95. The molecule has 0 aliphatic rings. The van der Waals surface area contributed by atoms with Gasteiger partial charge in [0.15, 0.2) is 0 Å². The van der Waals surface area contributed by atoms with Crippen LogP contribution in [0.1, 0.15) is 5.56 Å². The van der Waals surface area contributed by atoms with Gasteiger partial charge >= 0.3 is 7.12 Å². The molecule has 0 aliphatic carbocycles. The van der Waals surface area contributed by atoms with Crippen molar-refractivity contribution in [2.75, 3.05) is 0 Å². The second-order valence-electron chi connectivity index (χ2n) is 2.31. The van der Waals surface area contributed by atoms with Gasteiger partial charge in [-0.1, -0.05) is 29.3 Å². The van der Waals surface area contributed by atoms with Gasteiger partial charge in [0.1, 0.15) is 6.07 Å². The standard InChI is InChI=1S/C7H4BCl2NO2/c9-6-2-1-5(8(12)13)7(10)4(6)3-11/h1-2,12-13H. The van der Waals surface area contributed by atoms with Gasteiger partial charge in [-0.15, -0.1) is 0 Å². The van der Waals surface area contributed by atoms with Crippen LogP contribution in [0, 0.1) is 11.3 Å². The number of nitriles is 1. The second-order valence-corrected chi connectivity index (χ2v) is 3.10. The van der Waals surface area contributed by atoms with Crippen LogP contribution >= 0.6 is 23.2 Å². The third-order valence-corrected chi connectivity index (χ3v) is 2.23. The molecule has 0 atom stereocenters. The number of hydrogen-bond donors (Lipinski definition) is 2. The molecule has 13 heavy (non-hydrogen) atoms. The van der Waals surface area contributed by atoms with Crippen LogP contribution in [-0.2, 0) is 0 Å². The lowest BCUT2D eigenvalue weighted by molar-refractivity contribution is 0.426. The molecule has 3 nitrogen and oxygen atoms in total. The van der Waals surface area contributed by atoms with Crippen molar-refractivity contribution in [2.45, 2.75) is 0 Å². The van der Waals surface area contributed by atoms with Crippen LogP contribution in [0.5, 0.6) is 0 Å². The number of hydrogen-bond acceptors (Lipinski definition) is 3. The van der Waals surface area contributed by atoms with Crippen LogP contribution in [-0.4, -0.2) is 17.2 Å². The summed E-state index contributed by atoms with van der Waals surface area (Å²) in [6.45, 7) is 0. The first kappa shape index (κ1) is 10.4. The van der Waals surface area contributed by atoms with E-state index in [9.17, 15) is 0 Å². The Labute approximate surface area is 85.3 Å². The van der Waals surface area contributed by atoms with Gasteiger partial charge in [-0.05, 0) is 6.07 Å². The van der Waals surface area contributed by atoms with E-state index in [4.69, 9.17) is 38.5 Å². The molecule has 0 fully saturated rings. The number of halogens is 2. The monoisotopic (exact) mass is 215 g/mol. The maximum Gasteiger partial charge on any atom is 0.490 e. The maximum atomic E-state index is 8.83. The van der Waals surface area contributed by atoms with Crippen molar-refractivity contribution in [3.8, 4) is 6.07 Å². The minimum absolute atomic E-state index is 0.0231. The fraction of sp³-hybridized carbons (Fsp3) is 0. The first-order chi connectivity index (χ1) is 6.07. The molecule has 0 saturated carbocycles. The van der Waals surface area contributed by atoms with Gasteiger partial charge < -0.3 is 10.0 Å². The van der Waals surface area contributed by atoms with Crippen molar-refractivity contribution >= 4 is 35.8 Å². The predicted octanol–water partition coefficient (Wildman–Crippen LogP) is 0.545. The molecule has 6 heteroatoms. The van der Waals surface area contributed by atoms with Crippen molar-refractivity contribution in [1.29, 1.82) is 5.26 Å². The van der Waals surface area contributed by atoms with E-state index in [1.807, 2.05) is 0 Å². The van der Waals surface area contributed by atoms with E-state index in [2.05, 4.69) is 0 Å². The number of nitrogens with zero attached hydrogens (tertiary/aromatic N) is 1. The van der Waals surface area contributed by atoms with Gasteiger partial charge in [0.05, 0.1) is 15.6 Å². The average Bonchev–Trinajstić information content (AvgIpc) is 2.04. The second kappa shape index (κ2) is 3.99. The molecule has 0 bridgehead atoms.